The number of anilines is 2. The minimum Gasteiger partial charge on any atom is -0.460 e. The molecule has 0 atom stereocenters. The van der Waals surface area contributed by atoms with Crippen molar-refractivity contribution in [3.05, 3.63) is 48.2 Å². The van der Waals surface area contributed by atoms with Crippen molar-refractivity contribution in [2.45, 2.75) is 13.3 Å². The average molecular weight is 394 g/mol. The Morgan fingerprint density at radius 2 is 1.82 bits per heavy atom. The van der Waals surface area contributed by atoms with Crippen molar-refractivity contribution >= 4 is 23.3 Å². The van der Waals surface area contributed by atoms with E-state index >= 15 is 0 Å². The van der Waals surface area contributed by atoms with Crippen molar-refractivity contribution in [1.29, 1.82) is 0 Å². The smallest absolute Gasteiger partial charge is 0.460 e. The predicted octanol–water partition coefficient (Wildman–Crippen LogP) is 3.45. The van der Waals surface area contributed by atoms with E-state index in [4.69, 9.17) is 4.42 Å². The van der Waals surface area contributed by atoms with Crippen molar-refractivity contribution in [1.82, 2.24) is 10.2 Å². The number of ether oxygens (including phenoxy) is 1. The molecule has 2 aromatic heterocycles. The fraction of sp³-hybridized carbons (Fsp3) is 0.118. The van der Waals surface area contributed by atoms with Crippen molar-refractivity contribution in [2.24, 2.45) is 0 Å². The van der Waals surface area contributed by atoms with Crippen molar-refractivity contribution < 1.29 is 31.9 Å². The molecule has 28 heavy (non-hydrogen) atoms. The van der Waals surface area contributed by atoms with E-state index in [1.165, 1.54) is 18.2 Å². The summed E-state index contributed by atoms with van der Waals surface area (Å²) in [6.45, 7) is 1.76. The zero-order valence-corrected chi connectivity index (χ0v) is 14.3. The maximum Gasteiger partial charge on any atom is 0.573 e. The molecule has 0 saturated carbocycles. The average Bonchev–Trinajstić information content (AvgIpc) is 3.24. The number of hydrogen-bond acceptors (Lipinski definition) is 5. The first-order valence-corrected chi connectivity index (χ1v) is 7.80. The summed E-state index contributed by atoms with van der Waals surface area (Å²) in [5, 5.41) is 10.7. The highest BCUT2D eigenvalue weighted by Gasteiger charge is 2.32. The van der Waals surface area contributed by atoms with Crippen molar-refractivity contribution in [3.63, 3.8) is 0 Å². The van der Waals surface area contributed by atoms with Crippen LogP contribution in [0, 0.1) is 6.92 Å². The van der Waals surface area contributed by atoms with E-state index in [-0.39, 0.29) is 11.5 Å². The SMILES string of the molecule is Cc1ccc(-c2cc(NC(=O)C(=O)Nc3ccccc3OC(F)(F)F)n[nH]2)o1. The Morgan fingerprint density at radius 1 is 1.11 bits per heavy atom. The van der Waals surface area contributed by atoms with Gasteiger partial charge >= 0.3 is 18.2 Å². The minimum atomic E-state index is -4.95. The molecule has 0 aliphatic heterocycles. The second-order valence-electron chi connectivity index (χ2n) is 5.53. The second-order valence-corrected chi connectivity index (χ2v) is 5.53. The topological polar surface area (TPSA) is 109 Å². The molecule has 0 radical (unpaired) electrons. The van der Waals surface area contributed by atoms with E-state index in [1.54, 1.807) is 19.1 Å². The molecule has 0 bridgehead atoms. The third-order valence-corrected chi connectivity index (χ3v) is 3.39. The normalized spacial score (nSPS) is 11.1. The van der Waals surface area contributed by atoms with Gasteiger partial charge in [-0.25, -0.2) is 0 Å². The lowest BCUT2D eigenvalue weighted by atomic mass is 10.3. The van der Waals surface area contributed by atoms with Gasteiger partial charge in [-0.2, -0.15) is 5.10 Å². The van der Waals surface area contributed by atoms with Gasteiger partial charge in [0.25, 0.3) is 0 Å². The number of nitrogens with one attached hydrogen (secondary N) is 3. The van der Waals surface area contributed by atoms with Crippen molar-refractivity contribution in [2.75, 3.05) is 10.6 Å². The quantitative estimate of drug-likeness (QED) is 0.587. The number of hydrogen-bond donors (Lipinski definition) is 3. The van der Waals surface area contributed by atoms with Gasteiger partial charge in [0.1, 0.15) is 11.5 Å². The highest BCUT2D eigenvalue weighted by Crippen LogP contribution is 2.30. The maximum atomic E-state index is 12.4. The summed E-state index contributed by atoms with van der Waals surface area (Å²) in [6.07, 6.45) is -4.95. The van der Waals surface area contributed by atoms with Crippen LogP contribution in [0.25, 0.3) is 11.5 Å². The summed E-state index contributed by atoms with van der Waals surface area (Å²) >= 11 is 0. The summed E-state index contributed by atoms with van der Waals surface area (Å²) in [6, 6.07) is 9.70. The molecule has 0 aliphatic carbocycles. The Bertz CT molecular complexity index is 1010. The highest BCUT2D eigenvalue weighted by molar-refractivity contribution is 6.43. The molecule has 3 aromatic rings. The molecule has 2 heterocycles. The molecule has 0 unspecified atom stereocenters. The maximum absolute atomic E-state index is 12.4. The molecular weight excluding hydrogens is 381 g/mol. The van der Waals surface area contributed by atoms with Gasteiger partial charge in [-0.1, -0.05) is 12.1 Å². The van der Waals surface area contributed by atoms with E-state index in [9.17, 15) is 22.8 Å². The first-order valence-electron chi connectivity index (χ1n) is 7.80. The number of rotatable bonds is 4. The van der Waals surface area contributed by atoms with E-state index in [1.807, 2.05) is 0 Å². The van der Waals surface area contributed by atoms with Gasteiger partial charge in [-0.15, -0.1) is 13.2 Å². The highest BCUT2D eigenvalue weighted by atomic mass is 19.4. The molecule has 2 amide bonds. The molecule has 0 saturated heterocycles. The van der Waals surface area contributed by atoms with Crippen LogP contribution < -0.4 is 15.4 Å². The zero-order valence-electron chi connectivity index (χ0n) is 14.3. The fourth-order valence-corrected chi connectivity index (χ4v) is 2.23. The van der Waals surface area contributed by atoms with E-state index in [0.29, 0.717) is 17.2 Å². The first-order chi connectivity index (χ1) is 13.2. The summed E-state index contributed by atoms with van der Waals surface area (Å²) < 4.78 is 46.5. The van der Waals surface area contributed by atoms with E-state index < -0.39 is 23.9 Å². The van der Waals surface area contributed by atoms with Crippen LogP contribution in [0.15, 0.2) is 46.9 Å². The van der Waals surface area contributed by atoms with Crippen LogP contribution in [-0.4, -0.2) is 28.4 Å². The molecule has 3 N–H and O–H groups in total. The number of halogens is 3. The number of amides is 2. The fourth-order valence-electron chi connectivity index (χ4n) is 2.23. The van der Waals surface area contributed by atoms with Gasteiger partial charge in [0, 0.05) is 6.07 Å². The van der Waals surface area contributed by atoms with Gasteiger partial charge in [-0.3, -0.25) is 14.7 Å². The number of aromatic amines is 1. The number of H-pyrrole nitrogens is 1. The number of carbonyl (C=O) groups excluding carboxylic acids is 2. The Balaban J connectivity index is 1.66. The summed E-state index contributed by atoms with van der Waals surface area (Å²) in [5.41, 5.74) is 0.154. The Labute approximate surface area is 155 Å². The third kappa shape index (κ3) is 4.69. The summed E-state index contributed by atoms with van der Waals surface area (Å²) in [5.74, 6) is -1.79. The van der Waals surface area contributed by atoms with Crippen LogP contribution >= 0.6 is 0 Å². The van der Waals surface area contributed by atoms with Gasteiger partial charge in [0.05, 0.1) is 5.69 Å². The number of carbonyl (C=O) groups is 2. The summed E-state index contributed by atoms with van der Waals surface area (Å²) in [4.78, 5) is 24.0. The number of benzene rings is 1. The molecular formula is C17H13F3N4O4. The van der Waals surface area contributed by atoms with Gasteiger partial charge in [-0.05, 0) is 31.2 Å². The summed E-state index contributed by atoms with van der Waals surface area (Å²) in [7, 11) is 0. The standard InChI is InChI=1S/C17H13F3N4O4/c1-9-6-7-12(27-9)11-8-14(24-23-11)22-16(26)15(25)21-10-4-2-3-5-13(10)28-17(18,19)20/h2-8H,1H3,(H,21,25)(H2,22,23,24,26). The third-order valence-electron chi connectivity index (χ3n) is 3.39. The van der Waals surface area contributed by atoms with Gasteiger partial charge in [0.2, 0.25) is 0 Å². The molecule has 146 valence electrons. The molecule has 0 fully saturated rings. The molecule has 8 nitrogen and oxygen atoms in total. The lowest BCUT2D eigenvalue weighted by Gasteiger charge is -2.13. The van der Waals surface area contributed by atoms with Crippen LogP contribution in [0.4, 0.5) is 24.7 Å². The Hall–Kier alpha value is -3.76. The van der Waals surface area contributed by atoms with Crippen LogP contribution in [0.5, 0.6) is 5.75 Å². The predicted molar refractivity (Wildman–Crippen MR) is 91.4 cm³/mol. The first kappa shape index (κ1) is 19.0. The minimum absolute atomic E-state index is 0.0315. The van der Waals surface area contributed by atoms with Crippen LogP contribution in [-0.2, 0) is 9.59 Å². The number of nitrogens with zero attached hydrogens (tertiary/aromatic N) is 1. The molecule has 3 rings (SSSR count). The largest absolute Gasteiger partial charge is 0.573 e. The monoisotopic (exact) mass is 394 g/mol. The number of alkyl halides is 3. The van der Waals surface area contributed by atoms with Crippen LogP contribution in [0.1, 0.15) is 5.76 Å². The lowest BCUT2D eigenvalue weighted by Crippen LogP contribution is -2.29. The number of furan rings is 1. The van der Waals surface area contributed by atoms with E-state index in [0.717, 1.165) is 12.1 Å². The van der Waals surface area contributed by atoms with Gasteiger partial charge in [0.15, 0.2) is 17.3 Å². The number of aryl methyl sites for hydroxylation is 1. The van der Waals surface area contributed by atoms with E-state index in [2.05, 4.69) is 25.6 Å². The molecule has 0 aliphatic rings. The number of para-hydroxylation sites is 2. The molecule has 0 spiro atoms. The Kier molecular flexibility index (Phi) is 5.07. The lowest BCUT2D eigenvalue weighted by molar-refractivity contribution is -0.274. The zero-order chi connectivity index (χ0) is 20.3. The molecule has 11 heteroatoms. The number of aromatic nitrogens is 2. The van der Waals surface area contributed by atoms with Crippen LogP contribution in [0.2, 0.25) is 0 Å². The molecule has 1 aromatic carbocycles. The van der Waals surface area contributed by atoms with Crippen molar-refractivity contribution in [3.8, 4) is 17.2 Å². The Morgan fingerprint density at radius 3 is 2.50 bits per heavy atom. The van der Waals surface area contributed by atoms with Crippen LogP contribution in [0.3, 0.4) is 0 Å². The van der Waals surface area contributed by atoms with Gasteiger partial charge < -0.3 is 19.8 Å². The second kappa shape index (κ2) is 7.47.